The molecule has 0 aromatic carbocycles. The molecule has 3 unspecified atom stereocenters. The number of carbonyl (C=O) groups is 1. The van der Waals surface area contributed by atoms with Gasteiger partial charge in [0.25, 0.3) is 0 Å². The zero-order chi connectivity index (χ0) is 14.5. The Kier molecular flexibility index (Phi) is 3.24. The van der Waals surface area contributed by atoms with E-state index in [2.05, 4.69) is 25.3 Å². The first-order chi connectivity index (χ1) is 9.41. The van der Waals surface area contributed by atoms with Crippen LogP contribution >= 0.6 is 0 Å². The lowest BCUT2D eigenvalue weighted by Gasteiger charge is -2.39. The number of ether oxygens (including phenoxy) is 1. The average Bonchev–Trinajstić information content (AvgIpc) is 3.07. The van der Waals surface area contributed by atoms with Gasteiger partial charge >= 0.3 is 0 Å². The van der Waals surface area contributed by atoms with Crippen molar-refractivity contribution in [3.8, 4) is 0 Å². The summed E-state index contributed by atoms with van der Waals surface area (Å²) in [5, 5.41) is 0. The predicted octanol–water partition coefficient (Wildman–Crippen LogP) is 2.86. The summed E-state index contributed by atoms with van der Waals surface area (Å²) in [6.07, 6.45) is 4.31. The van der Waals surface area contributed by atoms with Crippen LogP contribution in [0.15, 0.2) is 12.2 Å². The summed E-state index contributed by atoms with van der Waals surface area (Å²) in [6, 6.07) is 0. The average molecular weight is 277 g/mol. The van der Waals surface area contributed by atoms with Crippen LogP contribution in [0.4, 0.5) is 0 Å². The lowest BCUT2D eigenvalue weighted by molar-refractivity contribution is -0.138. The molecule has 112 valence electrons. The van der Waals surface area contributed by atoms with Crippen LogP contribution in [0.1, 0.15) is 39.5 Å². The summed E-state index contributed by atoms with van der Waals surface area (Å²) in [5.41, 5.74) is 1.09. The van der Waals surface area contributed by atoms with Gasteiger partial charge in [-0.15, -0.1) is 0 Å². The number of hydrogen-bond acceptors (Lipinski definition) is 2. The highest BCUT2D eigenvalue weighted by atomic mass is 16.5. The zero-order valence-corrected chi connectivity index (χ0v) is 13.1. The molecule has 0 radical (unpaired) electrons. The third-order valence-electron chi connectivity index (χ3n) is 6.28. The SMILES string of the molecule is C=C1C2(C(=O)N3CCC(COC)C3)CCC(C2)C1(C)C. The molecule has 3 atom stereocenters. The summed E-state index contributed by atoms with van der Waals surface area (Å²) >= 11 is 0. The zero-order valence-electron chi connectivity index (χ0n) is 13.1. The van der Waals surface area contributed by atoms with Gasteiger partial charge in [0.1, 0.15) is 0 Å². The lowest BCUT2D eigenvalue weighted by atomic mass is 9.68. The smallest absolute Gasteiger partial charge is 0.232 e. The second-order valence-electron chi connectivity index (χ2n) is 7.58. The van der Waals surface area contributed by atoms with Crippen LogP contribution in [-0.2, 0) is 9.53 Å². The highest BCUT2D eigenvalue weighted by molar-refractivity contribution is 5.88. The minimum Gasteiger partial charge on any atom is -0.384 e. The highest BCUT2D eigenvalue weighted by Crippen LogP contribution is 2.66. The van der Waals surface area contributed by atoms with Crippen LogP contribution in [-0.4, -0.2) is 37.6 Å². The van der Waals surface area contributed by atoms with E-state index in [1.807, 2.05) is 0 Å². The Labute approximate surface area is 122 Å². The Morgan fingerprint density at radius 1 is 1.45 bits per heavy atom. The minimum absolute atomic E-state index is 0.138. The van der Waals surface area contributed by atoms with Crippen LogP contribution in [0.2, 0.25) is 0 Å². The second kappa shape index (κ2) is 4.59. The summed E-state index contributed by atoms with van der Waals surface area (Å²) in [7, 11) is 1.74. The molecule has 2 saturated carbocycles. The summed E-state index contributed by atoms with van der Waals surface area (Å²) in [4.78, 5) is 15.2. The first-order valence-corrected chi connectivity index (χ1v) is 7.90. The van der Waals surface area contributed by atoms with Gasteiger partial charge in [0.05, 0.1) is 12.0 Å². The van der Waals surface area contributed by atoms with Crippen molar-refractivity contribution in [1.29, 1.82) is 0 Å². The Morgan fingerprint density at radius 3 is 2.80 bits per heavy atom. The van der Waals surface area contributed by atoms with Crippen molar-refractivity contribution in [3.63, 3.8) is 0 Å². The fourth-order valence-electron chi connectivity index (χ4n) is 4.81. The maximum absolute atomic E-state index is 13.1. The van der Waals surface area contributed by atoms with Crippen molar-refractivity contribution in [2.24, 2.45) is 22.7 Å². The van der Waals surface area contributed by atoms with E-state index in [4.69, 9.17) is 4.74 Å². The first-order valence-electron chi connectivity index (χ1n) is 7.90. The molecule has 2 aliphatic carbocycles. The first kappa shape index (κ1) is 14.1. The molecular weight excluding hydrogens is 250 g/mol. The molecule has 0 N–H and O–H groups in total. The molecule has 0 aromatic heterocycles. The van der Waals surface area contributed by atoms with E-state index in [9.17, 15) is 4.79 Å². The molecule has 0 spiro atoms. The number of carbonyl (C=O) groups excluding carboxylic acids is 1. The van der Waals surface area contributed by atoms with E-state index in [0.29, 0.717) is 17.7 Å². The van der Waals surface area contributed by atoms with E-state index in [1.54, 1.807) is 7.11 Å². The molecule has 2 bridgehead atoms. The molecule has 1 amide bonds. The standard InChI is InChI=1S/C17H27NO2/c1-12-16(2,3)14-5-7-17(12,9-14)15(19)18-8-6-13(10-18)11-20-4/h13-14H,1,5-11H2,2-4H3. The maximum Gasteiger partial charge on any atom is 0.232 e. The van der Waals surface area contributed by atoms with E-state index < -0.39 is 0 Å². The number of nitrogens with zero attached hydrogens (tertiary/aromatic N) is 1. The van der Waals surface area contributed by atoms with Crippen molar-refractivity contribution >= 4 is 5.91 Å². The third kappa shape index (κ3) is 1.78. The molecule has 1 heterocycles. The van der Waals surface area contributed by atoms with Gasteiger partial charge in [0, 0.05) is 26.1 Å². The lowest BCUT2D eigenvalue weighted by Crippen LogP contribution is -2.43. The third-order valence-corrected chi connectivity index (χ3v) is 6.28. The van der Waals surface area contributed by atoms with Gasteiger partial charge in [0.2, 0.25) is 5.91 Å². The fourth-order valence-corrected chi connectivity index (χ4v) is 4.81. The maximum atomic E-state index is 13.1. The molecule has 1 aliphatic heterocycles. The van der Waals surface area contributed by atoms with Crippen molar-refractivity contribution in [2.45, 2.75) is 39.5 Å². The summed E-state index contributed by atoms with van der Waals surface area (Å²) in [5.74, 6) is 1.52. The van der Waals surface area contributed by atoms with E-state index in [1.165, 1.54) is 12.0 Å². The minimum atomic E-state index is -0.240. The molecule has 3 rings (SSSR count). The van der Waals surface area contributed by atoms with Gasteiger partial charge in [-0.1, -0.05) is 26.0 Å². The number of methoxy groups -OCH3 is 1. The Balaban J connectivity index is 1.77. The molecular formula is C17H27NO2. The van der Waals surface area contributed by atoms with Crippen molar-refractivity contribution in [3.05, 3.63) is 12.2 Å². The Bertz CT molecular complexity index is 442. The van der Waals surface area contributed by atoms with Gasteiger partial charge in [-0.05, 0) is 37.0 Å². The number of hydrogen-bond donors (Lipinski definition) is 0. The van der Waals surface area contributed by atoms with Crippen LogP contribution in [0.3, 0.4) is 0 Å². The number of amides is 1. The fraction of sp³-hybridized carbons (Fsp3) is 0.824. The monoisotopic (exact) mass is 277 g/mol. The second-order valence-corrected chi connectivity index (χ2v) is 7.58. The summed E-state index contributed by atoms with van der Waals surface area (Å²) < 4.78 is 5.24. The Hall–Kier alpha value is -0.830. The van der Waals surface area contributed by atoms with Crippen LogP contribution < -0.4 is 0 Å². The quantitative estimate of drug-likeness (QED) is 0.742. The van der Waals surface area contributed by atoms with E-state index in [-0.39, 0.29) is 10.8 Å². The van der Waals surface area contributed by atoms with Crippen LogP contribution in [0.5, 0.6) is 0 Å². The van der Waals surface area contributed by atoms with Gasteiger partial charge in [-0.3, -0.25) is 4.79 Å². The molecule has 3 fully saturated rings. The Morgan fingerprint density at radius 2 is 2.20 bits per heavy atom. The van der Waals surface area contributed by atoms with Gasteiger partial charge in [-0.2, -0.15) is 0 Å². The van der Waals surface area contributed by atoms with Crippen LogP contribution in [0.25, 0.3) is 0 Å². The van der Waals surface area contributed by atoms with Crippen LogP contribution in [0, 0.1) is 22.7 Å². The number of likely N-dealkylation sites (tertiary alicyclic amines) is 1. The predicted molar refractivity (Wildman–Crippen MR) is 79.3 cm³/mol. The topological polar surface area (TPSA) is 29.5 Å². The molecule has 20 heavy (non-hydrogen) atoms. The highest BCUT2D eigenvalue weighted by Gasteiger charge is 2.61. The largest absolute Gasteiger partial charge is 0.384 e. The molecule has 0 aromatic rings. The van der Waals surface area contributed by atoms with Crippen molar-refractivity contribution in [1.82, 2.24) is 4.90 Å². The molecule has 3 nitrogen and oxygen atoms in total. The number of fused-ring (bicyclic) bond motifs is 2. The summed E-state index contributed by atoms with van der Waals surface area (Å²) in [6.45, 7) is 11.4. The number of rotatable bonds is 3. The normalized spacial score (nSPS) is 38.8. The van der Waals surface area contributed by atoms with Gasteiger partial charge in [-0.25, -0.2) is 0 Å². The van der Waals surface area contributed by atoms with Crippen molar-refractivity contribution in [2.75, 3.05) is 26.8 Å². The molecule has 3 aliphatic rings. The van der Waals surface area contributed by atoms with Gasteiger partial charge in [0.15, 0.2) is 0 Å². The van der Waals surface area contributed by atoms with Gasteiger partial charge < -0.3 is 9.64 Å². The van der Waals surface area contributed by atoms with E-state index in [0.717, 1.165) is 39.0 Å². The van der Waals surface area contributed by atoms with Crippen molar-refractivity contribution < 1.29 is 9.53 Å². The molecule has 3 heteroatoms. The van der Waals surface area contributed by atoms with E-state index >= 15 is 0 Å². The molecule has 1 saturated heterocycles.